The first-order valence-corrected chi connectivity index (χ1v) is 12.7. The van der Waals surface area contributed by atoms with E-state index in [0.717, 1.165) is 55.3 Å². The van der Waals surface area contributed by atoms with Gasteiger partial charge >= 0.3 is 0 Å². The van der Waals surface area contributed by atoms with Crippen molar-refractivity contribution in [3.63, 3.8) is 0 Å². The van der Waals surface area contributed by atoms with Crippen LogP contribution in [0.4, 0.5) is 0 Å². The standard InChI is InChI=1S/C27H40O3/c1-3-18-16-19-17-21(30-25-6-4-5-15-29-25)8-9-22(19)23-11-13-27(2)20(12-14-28)7-10-24(27)26(18)23/h8-9,17-18,20,23-26,28H,3-7,10-16H2,1-2H3/t18-,20+,23?,24?,25?,26?,27+/m0/s1. The molecule has 3 nitrogen and oxygen atoms in total. The molecular formula is C27H40O3. The van der Waals surface area contributed by atoms with Gasteiger partial charge in [0.25, 0.3) is 0 Å². The molecule has 3 fully saturated rings. The highest BCUT2D eigenvalue weighted by atomic mass is 16.7. The van der Waals surface area contributed by atoms with Gasteiger partial charge in [0.2, 0.25) is 0 Å². The third-order valence-electron chi connectivity index (χ3n) is 9.48. The lowest BCUT2D eigenvalue weighted by Crippen LogP contribution is -2.46. The molecule has 0 spiro atoms. The quantitative estimate of drug-likeness (QED) is 0.637. The van der Waals surface area contributed by atoms with Crippen molar-refractivity contribution in [2.75, 3.05) is 13.2 Å². The van der Waals surface area contributed by atoms with Gasteiger partial charge in [-0.1, -0.05) is 26.3 Å². The maximum Gasteiger partial charge on any atom is 0.199 e. The lowest BCUT2D eigenvalue weighted by molar-refractivity contribution is -0.105. The monoisotopic (exact) mass is 412 g/mol. The highest BCUT2D eigenvalue weighted by Crippen LogP contribution is 2.65. The van der Waals surface area contributed by atoms with E-state index in [1.165, 1.54) is 50.5 Å². The Morgan fingerprint density at radius 1 is 1.17 bits per heavy atom. The number of hydrogen-bond acceptors (Lipinski definition) is 3. The average Bonchev–Trinajstić information content (AvgIpc) is 3.10. The molecule has 1 aromatic carbocycles. The largest absolute Gasteiger partial charge is 0.465 e. The van der Waals surface area contributed by atoms with Gasteiger partial charge in [-0.05, 0) is 110 Å². The Kier molecular flexibility index (Phi) is 5.88. The minimum absolute atomic E-state index is 0.0625. The summed E-state index contributed by atoms with van der Waals surface area (Å²) in [6.45, 7) is 6.14. The van der Waals surface area contributed by atoms with Gasteiger partial charge in [0.15, 0.2) is 6.29 Å². The third-order valence-corrected chi connectivity index (χ3v) is 9.48. The predicted molar refractivity (Wildman–Crippen MR) is 120 cm³/mol. The van der Waals surface area contributed by atoms with Crippen molar-refractivity contribution in [2.45, 2.75) is 90.3 Å². The summed E-state index contributed by atoms with van der Waals surface area (Å²) in [6, 6.07) is 6.93. The van der Waals surface area contributed by atoms with E-state index < -0.39 is 0 Å². The second kappa shape index (κ2) is 8.47. The summed E-state index contributed by atoms with van der Waals surface area (Å²) >= 11 is 0. The summed E-state index contributed by atoms with van der Waals surface area (Å²) < 4.78 is 12.0. The molecule has 1 N–H and O–H groups in total. The van der Waals surface area contributed by atoms with Crippen LogP contribution in [0.1, 0.15) is 88.7 Å². The number of hydrogen-bond donors (Lipinski definition) is 1. The highest BCUT2D eigenvalue weighted by molar-refractivity contribution is 5.41. The normalized spacial score (nSPS) is 40.4. The van der Waals surface area contributed by atoms with Crippen molar-refractivity contribution in [1.82, 2.24) is 0 Å². The van der Waals surface area contributed by atoms with E-state index in [2.05, 4.69) is 32.0 Å². The van der Waals surface area contributed by atoms with Gasteiger partial charge in [-0.3, -0.25) is 0 Å². The van der Waals surface area contributed by atoms with Gasteiger partial charge in [-0.15, -0.1) is 0 Å². The van der Waals surface area contributed by atoms with Crippen LogP contribution in [0.3, 0.4) is 0 Å². The third kappa shape index (κ3) is 3.50. The summed E-state index contributed by atoms with van der Waals surface area (Å²) in [5, 5.41) is 9.61. The summed E-state index contributed by atoms with van der Waals surface area (Å²) in [5.41, 5.74) is 3.58. The molecule has 1 saturated heterocycles. The Hall–Kier alpha value is -1.06. The Morgan fingerprint density at radius 2 is 2.07 bits per heavy atom. The number of aliphatic hydroxyl groups is 1. The molecule has 4 aliphatic rings. The van der Waals surface area contributed by atoms with E-state index in [1.807, 2.05) is 0 Å². The topological polar surface area (TPSA) is 38.7 Å². The molecule has 3 aliphatic carbocycles. The Morgan fingerprint density at radius 3 is 2.83 bits per heavy atom. The van der Waals surface area contributed by atoms with Gasteiger partial charge in [0.1, 0.15) is 5.75 Å². The lowest BCUT2D eigenvalue weighted by Gasteiger charge is -2.54. The van der Waals surface area contributed by atoms with Crippen LogP contribution < -0.4 is 4.74 Å². The molecule has 1 heterocycles. The molecule has 0 radical (unpaired) electrons. The van der Waals surface area contributed by atoms with E-state index in [4.69, 9.17) is 9.47 Å². The molecule has 30 heavy (non-hydrogen) atoms. The molecule has 1 aliphatic heterocycles. The molecule has 0 bridgehead atoms. The summed E-state index contributed by atoms with van der Waals surface area (Å²) in [5.74, 6) is 4.86. The van der Waals surface area contributed by atoms with Gasteiger partial charge < -0.3 is 14.6 Å². The summed E-state index contributed by atoms with van der Waals surface area (Å²) in [4.78, 5) is 0. The number of fused-ring (bicyclic) bond motifs is 5. The zero-order valence-electron chi connectivity index (χ0n) is 18.9. The molecule has 2 saturated carbocycles. The number of aliphatic hydroxyl groups excluding tert-OH is 1. The smallest absolute Gasteiger partial charge is 0.199 e. The van der Waals surface area contributed by atoms with E-state index in [1.54, 1.807) is 5.56 Å². The van der Waals surface area contributed by atoms with Crippen molar-refractivity contribution in [3.8, 4) is 5.75 Å². The van der Waals surface area contributed by atoms with Crippen molar-refractivity contribution in [2.24, 2.45) is 29.1 Å². The Labute approximate surface area is 182 Å². The van der Waals surface area contributed by atoms with Crippen molar-refractivity contribution >= 4 is 0 Å². The van der Waals surface area contributed by atoms with Crippen LogP contribution in [0.2, 0.25) is 0 Å². The first kappa shape index (κ1) is 20.8. The minimum Gasteiger partial charge on any atom is -0.465 e. The average molecular weight is 413 g/mol. The van der Waals surface area contributed by atoms with Crippen molar-refractivity contribution < 1.29 is 14.6 Å². The first-order chi connectivity index (χ1) is 14.6. The number of ether oxygens (including phenoxy) is 2. The molecule has 5 rings (SSSR count). The summed E-state index contributed by atoms with van der Waals surface area (Å²) in [7, 11) is 0. The SMILES string of the molecule is CC[C@H]1Cc2cc(OC3CCCCO3)ccc2C2CC[C@@]3(C)C(CC[C@@H]3CCO)C21. The molecule has 166 valence electrons. The fourth-order valence-corrected chi connectivity index (χ4v) is 7.94. The van der Waals surface area contributed by atoms with Crippen LogP contribution in [0.5, 0.6) is 5.75 Å². The van der Waals surface area contributed by atoms with Crippen LogP contribution in [-0.2, 0) is 11.2 Å². The fourth-order valence-electron chi connectivity index (χ4n) is 7.94. The van der Waals surface area contributed by atoms with Gasteiger partial charge in [0.05, 0.1) is 6.61 Å². The van der Waals surface area contributed by atoms with E-state index in [0.29, 0.717) is 17.9 Å². The van der Waals surface area contributed by atoms with Crippen molar-refractivity contribution in [1.29, 1.82) is 0 Å². The van der Waals surface area contributed by atoms with E-state index >= 15 is 0 Å². The van der Waals surface area contributed by atoms with Gasteiger partial charge in [0, 0.05) is 13.0 Å². The molecule has 0 aromatic heterocycles. The number of rotatable bonds is 5. The Balaban J connectivity index is 1.40. The molecule has 3 heteroatoms. The van der Waals surface area contributed by atoms with Crippen LogP contribution >= 0.6 is 0 Å². The lowest BCUT2D eigenvalue weighted by atomic mass is 9.51. The zero-order chi connectivity index (χ0) is 20.7. The predicted octanol–water partition coefficient (Wildman–Crippen LogP) is 6.08. The maximum absolute atomic E-state index is 9.61. The van der Waals surface area contributed by atoms with Gasteiger partial charge in [-0.25, -0.2) is 0 Å². The second-order valence-corrected chi connectivity index (χ2v) is 10.8. The summed E-state index contributed by atoms with van der Waals surface area (Å²) in [6.07, 6.45) is 12.1. The second-order valence-electron chi connectivity index (χ2n) is 10.8. The van der Waals surface area contributed by atoms with Crippen LogP contribution in [0.15, 0.2) is 18.2 Å². The zero-order valence-corrected chi connectivity index (χ0v) is 18.9. The van der Waals surface area contributed by atoms with Gasteiger partial charge in [-0.2, -0.15) is 0 Å². The van der Waals surface area contributed by atoms with Crippen molar-refractivity contribution in [3.05, 3.63) is 29.3 Å². The molecular weight excluding hydrogens is 372 g/mol. The van der Waals surface area contributed by atoms with Crippen LogP contribution in [0, 0.1) is 29.1 Å². The van der Waals surface area contributed by atoms with E-state index in [9.17, 15) is 5.11 Å². The van der Waals surface area contributed by atoms with E-state index in [-0.39, 0.29) is 6.29 Å². The first-order valence-electron chi connectivity index (χ1n) is 12.7. The number of benzene rings is 1. The molecule has 0 amide bonds. The Bertz CT molecular complexity index is 740. The van der Waals surface area contributed by atoms with Crippen LogP contribution in [-0.4, -0.2) is 24.6 Å². The highest BCUT2D eigenvalue weighted by Gasteiger charge is 2.56. The molecule has 1 aromatic rings. The maximum atomic E-state index is 9.61. The minimum atomic E-state index is -0.0625. The van der Waals surface area contributed by atoms with Crippen LogP contribution in [0.25, 0.3) is 0 Å². The molecule has 7 atom stereocenters. The fraction of sp³-hybridized carbons (Fsp3) is 0.778. The molecule has 4 unspecified atom stereocenters.